The van der Waals surface area contributed by atoms with Crippen molar-refractivity contribution in [2.75, 3.05) is 0 Å². The molecule has 0 bridgehead atoms. The molecule has 5 rings (SSSR count). The fraction of sp³-hybridized carbons (Fsp3) is 0.240. The second-order valence-corrected chi connectivity index (χ2v) is 8.77. The molecule has 0 aliphatic rings. The van der Waals surface area contributed by atoms with Gasteiger partial charge in [0.15, 0.2) is 5.65 Å². The topological polar surface area (TPSA) is 80.5 Å². The van der Waals surface area contributed by atoms with Gasteiger partial charge in [-0.25, -0.2) is 0 Å². The Morgan fingerprint density at radius 2 is 1.86 bits per heavy atom. The Hall–Kier alpha value is -4.08. The lowest BCUT2D eigenvalue weighted by molar-refractivity contribution is -0.137. The molecule has 3 aromatic heterocycles. The maximum atomic E-state index is 13.0. The summed E-state index contributed by atoms with van der Waals surface area (Å²) in [6, 6.07) is 12.1. The highest BCUT2D eigenvalue weighted by molar-refractivity contribution is 6.10. The third-order valence-electron chi connectivity index (χ3n) is 5.92. The zero-order valence-corrected chi connectivity index (χ0v) is 19.3. The van der Waals surface area contributed by atoms with Gasteiger partial charge in [0.25, 0.3) is 5.91 Å². The summed E-state index contributed by atoms with van der Waals surface area (Å²) in [5.41, 5.74) is 3.50. The summed E-state index contributed by atoms with van der Waals surface area (Å²) in [7, 11) is 1.78. The summed E-state index contributed by atoms with van der Waals surface area (Å²) < 4.78 is 42.6. The number of hydrogen-bond acceptors (Lipinski definition) is 3. The molecule has 10 heteroatoms. The van der Waals surface area contributed by atoms with Crippen LogP contribution in [0.2, 0.25) is 0 Å². The second kappa shape index (κ2) is 8.30. The van der Waals surface area contributed by atoms with Gasteiger partial charge in [-0.1, -0.05) is 0 Å². The van der Waals surface area contributed by atoms with E-state index in [2.05, 4.69) is 20.6 Å². The Kier molecular flexibility index (Phi) is 5.38. The number of benzene rings is 2. The van der Waals surface area contributed by atoms with Crippen LogP contribution < -0.4 is 5.32 Å². The van der Waals surface area contributed by atoms with E-state index in [1.807, 2.05) is 26.1 Å². The molecule has 3 heterocycles. The van der Waals surface area contributed by atoms with Crippen LogP contribution in [0.5, 0.6) is 0 Å². The molecule has 0 fully saturated rings. The van der Waals surface area contributed by atoms with Crippen molar-refractivity contribution in [2.45, 2.75) is 32.5 Å². The first-order valence-corrected chi connectivity index (χ1v) is 11.1. The summed E-state index contributed by atoms with van der Waals surface area (Å²) in [5.74, 6) is -0.217. The quantitative estimate of drug-likeness (QED) is 0.374. The van der Waals surface area contributed by atoms with Crippen LogP contribution in [0.15, 0.2) is 54.7 Å². The SMILES string of the molecule is Cc1cc(CC(C)NC(=O)c2ccc3c(c2)c2cn(C)nc2n3-c2ccc(C(F)(F)F)cc2)n[nH]1. The van der Waals surface area contributed by atoms with Crippen LogP contribution >= 0.6 is 0 Å². The van der Waals surface area contributed by atoms with E-state index in [0.717, 1.165) is 39.8 Å². The third-order valence-corrected chi connectivity index (χ3v) is 5.92. The van der Waals surface area contributed by atoms with E-state index in [4.69, 9.17) is 0 Å². The smallest absolute Gasteiger partial charge is 0.349 e. The maximum Gasteiger partial charge on any atom is 0.416 e. The molecule has 5 aromatic rings. The number of rotatable bonds is 5. The van der Waals surface area contributed by atoms with E-state index in [0.29, 0.717) is 23.3 Å². The maximum absolute atomic E-state index is 13.0. The van der Waals surface area contributed by atoms with Gasteiger partial charge < -0.3 is 5.32 Å². The first kappa shape index (κ1) is 22.7. The monoisotopic (exact) mass is 480 g/mol. The first-order valence-electron chi connectivity index (χ1n) is 11.1. The minimum absolute atomic E-state index is 0.129. The largest absolute Gasteiger partial charge is 0.416 e. The van der Waals surface area contributed by atoms with Crippen LogP contribution in [0.1, 0.15) is 34.2 Å². The molecule has 2 N–H and O–H groups in total. The molecular formula is C25H23F3N6O. The van der Waals surface area contributed by atoms with Gasteiger partial charge in [-0.15, -0.1) is 0 Å². The number of aromatic amines is 1. The van der Waals surface area contributed by atoms with Crippen molar-refractivity contribution in [3.8, 4) is 5.69 Å². The number of nitrogens with zero attached hydrogens (tertiary/aromatic N) is 4. The van der Waals surface area contributed by atoms with Crippen molar-refractivity contribution in [1.82, 2.24) is 29.9 Å². The fourth-order valence-electron chi connectivity index (χ4n) is 4.35. The van der Waals surface area contributed by atoms with Gasteiger partial charge in [0.05, 0.1) is 16.8 Å². The number of halogens is 3. The molecule has 7 nitrogen and oxygen atoms in total. The number of alkyl halides is 3. The first-order chi connectivity index (χ1) is 16.6. The number of H-pyrrole nitrogens is 1. The lowest BCUT2D eigenvalue weighted by atomic mass is 10.1. The van der Waals surface area contributed by atoms with Gasteiger partial charge in [0.2, 0.25) is 0 Å². The number of fused-ring (bicyclic) bond motifs is 3. The van der Waals surface area contributed by atoms with Crippen LogP contribution in [0, 0.1) is 6.92 Å². The number of amides is 1. The van der Waals surface area contributed by atoms with Crippen molar-refractivity contribution in [3.05, 3.63) is 77.2 Å². The molecule has 1 amide bonds. The van der Waals surface area contributed by atoms with Crippen LogP contribution in [-0.2, 0) is 19.6 Å². The summed E-state index contributed by atoms with van der Waals surface area (Å²) >= 11 is 0. The third kappa shape index (κ3) is 4.27. The van der Waals surface area contributed by atoms with E-state index in [1.165, 1.54) is 12.1 Å². The average molecular weight is 480 g/mol. The highest BCUT2D eigenvalue weighted by atomic mass is 19.4. The number of carbonyl (C=O) groups excluding carboxylic acids is 1. The Balaban J connectivity index is 1.49. The summed E-state index contributed by atoms with van der Waals surface area (Å²) in [5, 5.41) is 16.2. The molecular weight excluding hydrogens is 457 g/mol. The molecule has 0 spiro atoms. The highest BCUT2D eigenvalue weighted by Crippen LogP contribution is 2.34. The van der Waals surface area contributed by atoms with E-state index in [-0.39, 0.29) is 11.9 Å². The lowest BCUT2D eigenvalue weighted by Gasteiger charge is -2.13. The fourth-order valence-corrected chi connectivity index (χ4v) is 4.35. The number of aryl methyl sites for hydroxylation is 2. The van der Waals surface area contributed by atoms with Gasteiger partial charge >= 0.3 is 6.18 Å². The van der Waals surface area contributed by atoms with Crippen LogP contribution in [0.3, 0.4) is 0 Å². The Bertz CT molecular complexity index is 1540. The van der Waals surface area contributed by atoms with Gasteiger partial charge in [-0.2, -0.15) is 23.4 Å². The number of aromatic nitrogens is 5. The zero-order valence-electron chi connectivity index (χ0n) is 19.3. The van der Waals surface area contributed by atoms with E-state index in [1.54, 1.807) is 34.5 Å². The van der Waals surface area contributed by atoms with Crippen molar-refractivity contribution in [3.63, 3.8) is 0 Å². The molecule has 35 heavy (non-hydrogen) atoms. The Morgan fingerprint density at radius 1 is 1.11 bits per heavy atom. The molecule has 180 valence electrons. The highest BCUT2D eigenvalue weighted by Gasteiger charge is 2.30. The number of nitrogens with one attached hydrogen (secondary N) is 2. The molecule has 0 saturated heterocycles. The molecule has 2 aromatic carbocycles. The van der Waals surface area contributed by atoms with Gasteiger partial charge in [-0.05, 0) is 62.4 Å². The number of carbonyl (C=O) groups is 1. The molecule has 0 saturated carbocycles. The predicted molar refractivity (Wildman–Crippen MR) is 127 cm³/mol. The molecule has 1 unspecified atom stereocenters. The van der Waals surface area contributed by atoms with Crippen molar-refractivity contribution in [2.24, 2.45) is 7.05 Å². The normalized spacial score (nSPS) is 13.0. The average Bonchev–Trinajstić information content (AvgIpc) is 3.45. The second-order valence-electron chi connectivity index (χ2n) is 8.77. The zero-order chi connectivity index (χ0) is 24.9. The van der Waals surface area contributed by atoms with Gasteiger partial charge in [0, 0.05) is 53.4 Å². The van der Waals surface area contributed by atoms with Crippen LogP contribution in [-0.4, -0.2) is 36.5 Å². The summed E-state index contributed by atoms with van der Waals surface area (Å²) in [6.45, 7) is 3.84. The summed E-state index contributed by atoms with van der Waals surface area (Å²) in [4.78, 5) is 13.0. The molecule has 0 radical (unpaired) electrons. The van der Waals surface area contributed by atoms with Crippen molar-refractivity contribution in [1.29, 1.82) is 0 Å². The van der Waals surface area contributed by atoms with Crippen LogP contribution in [0.25, 0.3) is 27.6 Å². The standard InChI is InChI=1S/C25H23F3N6O/c1-14(10-18-11-15(2)30-31-18)29-24(35)16-4-9-22-20(12-16)21-13-33(3)32-23(21)34(22)19-7-5-17(6-8-19)25(26,27)28/h4-9,11-14H,10H2,1-3H3,(H,29,35)(H,30,31). The molecule has 1 atom stereocenters. The number of hydrogen-bond donors (Lipinski definition) is 2. The van der Waals surface area contributed by atoms with Crippen LogP contribution in [0.4, 0.5) is 13.2 Å². The Labute approximate surface area is 198 Å². The van der Waals surface area contributed by atoms with E-state index < -0.39 is 11.7 Å². The lowest BCUT2D eigenvalue weighted by Crippen LogP contribution is -2.34. The minimum atomic E-state index is -4.41. The molecule has 0 aliphatic carbocycles. The van der Waals surface area contributed by atoms with Crippen molar-refractivity contribution < 1.29 is 18.0 Å². The molecule has 0 aliphatic heterocycles. The summed E-state index contributed by atoms with van der Waals surface area (Å²) in [6.07, 6.45) is -1.98. The van der Waals surface area contributed by atoms with Gasteiger partial charge in [0.1, 0.15) is 0 Å². The van der Waals surface area contributed by atoms with E-state index in [9.17, 15) is 18.0 Å². The van der Waals surface area contributed by atoms with Gasteiger partial charge in [-0.3, -0.25) is 19.1 Å². The minimum Gasteiger partial charge on any atom is -0.349 e. The van der Waals surface area contributed by atoms with E-state index >= 15 is 0 Å². The van der Waals surface area contributed by atoms with Crippen molar-refractivity contribution >= 4 is 27.8 Å². The predicted octanol–water partition coefficient (Wildman–Crippen LogP) is 4.93. The Morgan fingerprint density at radius 3 is 2.51 bits per heavy atom.